The van der Waals surface area contributed by atoms with Gasteiger partial charge in [-0.05, 0) is 48.4 Å². The monoisotopic (exact) mass is 488 g/mol. The lowest BCUT2D eigenvalue weighted by atomic mass is 10.1. The highest BCUT2D eigenvalue weighted by molar-refractivity contribution is 9.10. The summed E-state index contributed by atoms with van der Waals surface area (Å²) in [7, 11) is 0. The average molecular weight is 489 g/mol. The van der Waals surface area contributed by atoms with Gasteiger partial charge in [0.05, 0.1) is 11.4 Å². The minimum absolute atomic E-state index is 0.0134. The number of aromatic nitrogens is 1. The van der Waals surface area contributed by atoms with Gasteiger partial charge < -0.3 is 9.47 Å². The average Bonchev–Trinajstić information content (AvgIpc) is 3.20. The van der Waals surface area contributed by atoms with E-state index in [1.165, 1.54) is 23.8 Å². The molecule has 3 rings (SSSR count). The first-order chi connectivity index (χ1) is 14.5. The molecule has 0 unspecified atom stereocenters. The molecule has 30 heavy (non-hydrogen) atoms. The second-order valence-electron chi connectivity index (χ2n) is 6.40. The SMILES string of the molecule is CCc1ccc(N(C(C)=O)c2nc(COC(=O)COc3ccc(Br)cc3)cs2)cc1. The van der Waals surface area contributed by atoms with E-state index in [1.54, 1.807) is 22.4 Å². The third kappa shape index (κ3) is 5.90. The summed E-state index contributed by atoms with van der Waals surface area (Å²) in [5, 5.41) is 2.30. The van der Waals surface area contributed by atoms with Gasteiger partial charge in [0.2, 0.25) is 5.91 Å². The number of amides is 1. The number of aryl methyl sites for hydroxylation is 1. The van der Waals surface area contributed by atoms with Crippen LogP contribution in [0.5, 0.6) is 5.75 Å². The van der Waals surface area contributed by atoms with Gasteiger partial charge in [0.15, 0.2) is 11.7 Å². The zero-order valence-corrected chi connectivity index (χ0v) is 19.0. The van der Waals surface area contributed by atoms with Crippen molar-refractivity contribution >= 4 is 50.0 Å². The lowest BCUT2D eigenvalue weighted by Gasteiger charge is -2.18. The molecule has 1 amide bonds. The molecule has 0 N–H and O–H groups in total. The maximum Gasteiger partial charge on any atom is 0.344 e. The molecule has 0 spiro atoms. The maximum absolute atomic E-state index is 12.2. The molecular formula is C22H21BrN2O4S. The third-order valence-corrected chi connectivity index (χ3v) is 5.60. The maximum atomic E-state index is 12.2. The van der Waals surface area contributed by atoms with Crippen LogP contribution in [0.2, 0.25) is 0 Å². The van der Waals surface area contributed by atoms with E-state index >= 15 is 0 Å². The zero-order valence-electron chi connectivity index (χ0n) is 16.6. The van der Waals surface area contributed by atoms with Crippen molar-refractivity contribution in [1.29, 1.82) is 0 Å². The topological polar surface area (TPSA) is 68.7 Å². The standard InChI is InChI=1S/C22H21BrN2O4S/c1-3-16-4-8-19(9-5-16)25(15(2)26)22-24-18(14-30-22)12-29-21(27)13-28-20-10-6-17(23)7-11-20/h4-11,14H,3,12-13H2,1-2H3. The van der Waals surface area contributed by atoms with Crippen LogP contribution in [0, 0.1) is 0 Å². The van der Waals surface area contributed by atoms with E-state index in [2.05, 4.69) is 27.8 Å². The summed E-state index contributed by atoms with van der Waals surface area (Å²) in [5.41, 5.74) is 2.52. The molecule has 0 aliphatic rings. The summed E-state index contributed by atoms with van der Waals surface area (Å²) >= 11 is 4.66. The van der Waals surface area contributed by atoms with Gasteiger partial charge in [0.1, 0.15) is 12.4 Å². The van der Waals surface area contributed by atoms with Gasteiger partial charge in [-0.3, -0.25) is 9.69 Å². The summed E-state index contributed by atoms with van der Waals surface area (Å²) in [6, 6.07) is 15.0. The molecule has 0 aliphatic heterocycles. The molecule has 1 aromatic heterocycles. The van der Waals surface area contributed by atoms with Crippen LogP contribution in [-0.2, 0) is 27.4 Å². The summed E-state index contributed by atoms with van der Waals surface area (Å²) in [6.45, 7) is 3.39. The van der Waals surface area contributed by atoms with E-state index < -0.39 is 5.97 Å². The van der Waals surface area contributed by atoms with Crippen molar-refractivity contribution in [3.63, 3.8) is 0 Å². The summed E-state index contributed by atoms with van der Waals surface area (Å²) in [5.74, 6) is -0.0524. The van der Waals surface area contributed by atoms with Crippen LogP contribution in [-0.4, -0.2) is 23.5 Å². The quantitative estimate of drug-likeness (QED) is 0.403. The van der Waals surface area contributed by atoms with Crippen LogP contribution in [0.15, 0.2) is 58.4 Å². The van der Waals surface area contributed by atoms with Gasteiger partial charge in [-0.1, -0.05) is 35.0 Å². The van der Waals surface area contributed by atoms with Gasteiger partial charge in [0.25, 0.3) is 0 Å². The van der Waals surface area contributed by atoms with Crippen LogP contribution >= 0.6 is 27.3 Å². The smallest absolute Gasteiger partial charge is 0.344 e. The molecule has 156 valence electrons. The highest BCUT2D eigenvalue weighted by Crippen LogP contribution is 2.29. The van der Waals surface area contributed by atoms with Gasteiger partial charge in [-0.2, -0.15) is 0 Å². The van der Waals surface area contributed by atoms with E-state index in [-0.39, 0.29) is 19.1 Å². The summed E-state index contributed by atoms with van der Waals surface area (Å²) in [6.07, 6.45) is 0.929. The van der Waals surface area contributed by atoms with Gasteiger partial charge >= 0.3 is 5.97 Å². The Bertz CT molecular complexity index is 1000. The fraction of sp³-hybridized carbons (Fsp3) is 0.227. The minimum atomic E-state index is -0.494. The Balaban J connectivity index is 1.58. The molecule has 1 heterocycles. The number of nitrogens with zero attached hydrogens (tertiary/aromatic N) is 2. The summed E-state index contributed by atoms with van der Waals surface area (Å²) < 4.78 is 11.6. The fourth-order valence-electron chi connectivity index (χ4n) is 2.64. The number of benzene rings is 2. The van der Waals surface area contributed by atoms with Crippen molar-refractivity contribution in [2.24, 2.45) is 0 Å². The first-order valence-corrected chi connectivity index (χ1v) is 11.0. The molecule has 3 aromatic rings. The van der Waals surface area contributed by atoms with Crippen LogP contribution in [0.3, 0.4) is 0 Å². The normalized spacial score (nSPS) is 10.5. The Morgan fingerprint density at radius 3 is 2.43 bits per heavy atom. The molecule has 6 nitrogen and oxygen atoms in total. The Hall–Kier alpha value is -2.71. The van der Waals surface area contributed by atoms with Crippen molar-refractivity contribution < 1.29 is 19.1 Å². The number of esters is 1. The zero-order chi connectivity index (χ0) is 21.5. The van der Waals surface area contributed by atoms with Gasteiger partial charge in [-0.25, -0.2) is 9.78 Å². The number of hydrogen-bond acceptors (Lipinski definition) is 6. The third-order valence-electron chi connectivity index (χ3n) is 4.20. The molecule has 0 atom stereocenters. The van der Waals surface area contributed by atoms with Gasteiger partial charge in [-0.15, -0.1) is 11.3 Å². The minimum Gasteiger partial charge on any atom is -0.482 e. The fourth-order valence-corrected chi connectivity index (χ4v) is 3.78. The molecular weight excluding hydrogens is 468 g/mol. The van der Waals surface area contributed by atoms with E-state index in [0.29, 0.717) is 16.6 Å². The number of ether oxygens (including phenoxy) is 2. The van der Waals surface area contributed by atoms with Crippen LogP contribution in [0.1, 0.15) is 25.1 Å². The molecule has 0 saturated carbocycles. The molecule has 2 aromatic carbocycles. The number of hydrogen-bond donors (Lipinski definition) is 0. The number of thiazole rings is 1. The Labute approximate surface area is 187 Å². The van der Waals surface area contributed by atoms with Crippen molar-refractivity contribution in [3.8, 4) is 5.75 Å². The molecule has 8 heteroatoms. The molecule has 0 radical (unpaired) electrons. The van der Waals surface area contributed by atoms with E-state index in [9.17, 15) is 9.59 Å². The predicted molar refractivity (Wildman–Crippen MR) is 120 cm³/mol. The van der Waals surface area contributed by atoms with Crippen molar-refractivity contribution in [2.45, 2.75) is 26.9 Å². The second kappa shape index (κ2) is 10.4. The highest BCUT2D eigenvalue weighted by Gasteiger charge is 2.18. The van der Waals surface area contributed by atoms with E-state index in [1.807, 2.05) is 36.4 Å². The summed E-state index contributed by atoms with van der Waals surface area (Å²) in [4.78, 5) is 30.1. The number of halogens is 1. The second-order valence-corrected chi connectivity index (χ2v) is 8.15. The first kappa shape index (κ1) is 22.0. The lowest BCUT2D eigenvalue weighted by Crippen LogP contribution is -2.22. The Morgan fingerprint density at radius 1 is 1.10 bits per heavy atom. The van der Waals surface area contributed by atoms with Crippen LogP contribution in [0.25, 0.3) is 0 Å². The van der Waals surface area contributed by atoms with Crippen LogP contribution in [0.4, 0.5) is 10.8 Å². The lowest BCUT2D eigenvalue weighted by molar-refractivity contribution is -0.147. The largest absolute Gasteiger partial charge is 0.482 e. The highest BCUT2D eigenvalue weighted by atomic mass is 79.9. The van der Waals surface area contributed by atoms with Crippen LogP contribution < -0.4 is 9.64 Å². The van der Waals surface area contributed by atoms with Crippen molar-refractivity contribution in [3.05, 3.63) is 69.6 Å². The van der Waals surface area contributed by atoms with Crippen molar-refractivity contribution in [1.82, 2.24) is 4.98 Å². The molecule has 0 bridgehead atoms. The van der Waals surface area contributed by atoms with E-state index in [4.69, 9.17) is 9.47 Å². The van der Waals surface area contributed by atoms with Crippen molar-refractivity contribution in [2.75, 3.05) is 11.5 Å². The first-order valence-electron chi connectivity index (χ1n) is 9.34. The number of rotatable bonds is 8. The molecule has 0 saturated heterocycles. The molecule has 0 fully saturated rings. The number of carbonyl (C=O) groups is 2. The molecule has 0 aliphatic carbocycles. The number of carbonyl (C=O) groups excluding carboxylic acids is 2. The number of anilines is 2. The Kier molecular flexibility index (Phi) is 7.59. The predicted octanol–water partition coefficient (Wildman–Crippen LogP) is 5.27. The van der Waals surface area contributed by atoms with E-state index in [0.717, 1.165) is 16.6 Å². The Morgan fingerprint density at radius 2 is 1.80 bits per heavy atom. The van der Waals surface area contributed by atoms with Gasteiger partial charge in [0, 0.05) is 16.8 Å².